The first-order chi connectivity index (χ1) is 17.2. The number of Topliss-reactive ketones (excluding diaryl/α,β-unsaturated/α-hetero) is 3. The molecule has 0 unspecified atom stereocenters. The molecule has 0 spiro atoms. The van der Waals surface area contributed by atoms with Crippen LogP contribution in [0.3, 0.4) is 0 Å². The van der Waals surface area contributed by atoms with Crippen molar-refractivity contribution in [2.45, 2.75) is 81.6 Å². The molecule has 2 aromatic carbocycles. The number of carbonyl (C=O) groups is 3. The highest BCUT2D eigenvalue weighted by atomic mass is 16.5. The minimum Gasteiger partial charge on any atom is -0.493 e. The maximum absolute atomic E-state index is 11.3. The zero-order valence-electron chi connectivity index (χ0n) is 24.2. The normalized spacial score (nSPS) is 9.81. The lowest BCUT2D eigenvalue weighted by molar-refractivity contribution is 0.0979. The Morgan fingerprint density at radius 1 is 0.694 bits per heavy atom. The second kappa shape index (κ2) is 20.0. The lowest BCUT2D eigenvalue weighted by atomic mass is 9.97. The van der Waals surface area contributed by atoms with Gasteiger partial charge in [-0.25, -0.2) is 0 Å². The molecule has 0 N–H and O–H groups in total. The van der Waals surface area contributed by atoms with Gasteiger partial charge in [-0.2, -0.15) is 0 Å². The number of methoxy groups -OCH3 is 2. The van der Waals surface area contributed by atoms with Crippen molar-refractivity contribution in [3.8, 4) is 11.5 Å². The summed E-state index contributed by atoms with van der Waals surface area (Å²) in [7, 11) is 3.33. The molecule has 0 saturated heterocycles. The van der Waals surface area contributed by atoms with E-state index in [0.29, 0.717) is 16.7 Å². The molecule has 0 saturated carbocycles. The molecular formula is C31H46O5. The maximum Gasteiger partial charge on any atom is 0.161 e. The van der Waals surface area contributed by atoms with E-state index in [1.54, 1.807) is 20.3 Å². The van der Waals surface area contributed by atoms with Gasteiger partial charge in [0.1, 0.15) is 0 Å². The number of hydrogen-bond donors (Lipinski definition) is 0. The van der Waals surface area contributed by atoms with E-state index in [0.717, 1.165) is 30.8 Å². The molecule has 0 amide bonds. The van der Waals surface area contributed by atoms with Gasteiger partial charge in [-0.1, -0.05) is 66.2 Å². The van der Waals surface area contributed by atoms with Crippen LogP contribution >= 0.6 is 0 Å². The van der Waals surface area contributed by atoms with Gasteiger partial charge in [-0.05, 0) is 69.0 Å². The topological polar surface area (TPSA) is 69.7 Å². The van der Waals surface area contributed by atoms with Gasteiger partial charge in [0.25, 0.3) is 0 Å². The zero-order chi connectivity index (χ0) is 28.3. The lowest BCUT2D eigenvalue weighted by Crippen LogP contribution is -2.06. The standard InChI is InChI=1S/C15H22O2.C12H12O3.2C2H6/c1-5-7-12(8-6-2)13-9-10-14(16-3)15(11-13)17-4;1-7(13)10-4-5-11(8(2)14)12(6-10)9(3)15;2*1-2/h7,9-11H,5-6,8H2,1-4H3;4-6H,1-3H3;2*1-2H3/b12-7-;;;. The second-order valence-electron chi connectivity index (χ2n) is 7.39. The van der Waals surface area contributed by atoms with Crippen LogP contribution in [0, 0.1) is 0 Å². The summed E-state index contributed by atoms with van der Waals surface area (Å²) in [6, 6.07) is 10.7. The Hall–Kier alpha value is -3.21. The van der Waals surface area contributed by atoms with E-state index in [1.165, 1.54) is 44.0 Å². The van der Waals surface area contributed by atoms with Gasteiger partial charge in [0.15, 0.2) is 28.8 Å². The summed E-state index contributed by atoms with van der Waals surface area (Å²) in [5.41, 5.74) is 3.75. The zero-order valence-corrected chi connectivity index (χ0v) is 24.2. The van der Waals surface area contributed by atoms with Crippen LogP contribution in [0.15, 0.2) is 42.5 Å². The van der Waals surface area contributed by atoms with Gasteiger partial charge >= 0.3 is 0 Å². The van der Waals surface area contributed by atoms with Crippen LogP contribution in [0.25, 0.3) is 5.57 Å². The molecule has 200 valence electrons. The van der Waals surface area contributed by atoms with Crippen molar-refractivity contribution in [1.29, 1.82) is 0 Å². The molecule has 2 aromatic rings. The van der Waals surface area contributed by atoms with Crippen LogP contribution in [0.1, 0.15) is 118 Å². The van der Waals surface area contributed by atoms with Crippen LogP contribution in [0.2, 0.25) is 0 Å². The summed E-state index contributed by atoms with van der Waals surface area (Å²) in [4.78, 5) is 33.6. The Bertz CT molecular complexity index is 986. The highest BCUT2D eigenvalue weighted by Gasteiger charge is 2.13. The highest BCUT2D eigenvalue weighted by molar-refractivity contribution is 6.09. The van der Waals surface area contributed by atoms with Crippen molar-refractivity contribution in [3.05, 3.63) is 64.7 Å². The van der Waals surface area contributed by atoms with E-state index in [4.69, 9.17) is 9.47 Å². The van der Waals surface area contributed by atoms with Crippen molar-refractivity contribution in [2.24, 2.45) is 0 Å². The Balaban J connectivity index is 0. The first-order valence-corrected chi connectivity index (χ1v) is 12.8. The first-order valence-electron chi connectivity index (χ1n) is 12.8. The molecular weight excluding hydrogens is 452 g/mol. The third kappa shape index (κ3) is 11.5. The number of ketones is 3. The van der Waals surface area contributed by atoms with Crippen LogP contribution in [0.5, 0.6) is 11.5 Å². The Kier molecular flexibility index (Phi) is 19.4. The van der Waals surface area contributed by atoms with Gasteiger partial charge in [0, 0.05) is 16.7 Å². The van der Waals surface area contributed by atoms with E-state index in [1.807, 2.05) is 33.8 Å². The number of ether oxygens (including phenoxy) is 2. The van der Waals surface area contributed by atoms with Gasteiger partial charge in [0.05, 0.1) is 14.2 Å². The monoisotopic (exact) mass is 498 g/mol. The molecule has 0 radical (unpaired) electrons. The van der Waals surface area contributed by atoms with Gasteiger partial charge < -0.3 is 9.47 Å². The molecule has 0 aliphatic heterocycles. The summed E-state index contributed by atoms with van der Waals surface area (Å²) >= 11 is 0. The maximum atomic E-state index is 11.3. The summed E-state index contributed by atoms with van der Waals surface area (Å²) in [5, 5.41) is 0. The van der Waals surface area contributed by atoms with Crippen LogP contribution in [-0.2, 0) is 0 Å². The number of carbonyl (C=O) groups excluding carboxylic acids is 3. The lowest BCUT2D eigenvalue weighted by Gasteiger charge is -2.11. The fraction of sp³-hybridized carbons (Fsp3) is 0.452. The molecule has 0 bridgehead atoms. The second-order valence-corrected chi connectivity index (χ2v) is 7.39. The molecule has 5 heteroatoms. The SMILES string of the molecule is CC.CC.CC(=O)c1ccc(C(C)=O)c(C(C)=O)c1.CC/C=C(/CCC)c1ccc(OC)c(OC)c1. The number of benzene rings is 2. The van der Waals surface area contributed by atoms with Crippen molar-refractivity contribution >= 4 is 22.9 Å². The van der Waals surface area contributed by atoms with Crippen LogP contribution in [0.4, 0.5) is 0 Å². The third-order valence-corrected chi connectivity index (χ3v) is 4.91. The van der Waals surface area contributed by atoms with Crippen molar-refractivity contribution < 1.29 is 23.9 Å². The number of allylic oxidation sites excluding steroid dienone is 2. The quantitative estimate of drug-likeness (QED) is 0.324. The van der Waals surface area contributed by atoms with Gasteiger partial charge in [-0.3, -0.25) is 14.4 Å². The molecule has 0 heterocycles. The van der Waals surface area contributed by atoms with Crippen molar-refractivity contribution in [3.63, 3.8) is 0 Å². The van der Waals surface area contributed by atoms with E-state index < -0.39 is 0 Å². The molecule has 0 aromatic heterocycles. The van der Waals surface area contributed by atoms with Crippen LogP contribution in [-0.4, -0.2) is 31.6 Å². The Morgan fingerprint density at radius 3 is 1.64 bits per heavy atom. The fourth-order valence-electron chi connectivity index (χ4n) is 3.28. The first kappa shape index (κ1) is 35.0. The van der Waals surface area contributed by atoms with Gasteiger partial charge in [0.2, 0.25) is 0 Å². The molecule has 0 aliphatic carbocycles. The summed E-state index contributed by atoms with van der Waals surface area (Å²) in [6.07, 6.45) is 5.60. The minimum absolute atomic E-state index is 0.118. The Morgan fingerprint density at radius 2 is 1.22 bits per heavy atom. The molecule has 0 aliphatic rings. The van der Waals surface area contributed by atoms with Crippen molar-refractivity contribution in [2.75, 3.05) is 14.2 Å². The summed E-state index contributed by atoms with van der Waals surface area (Å²) < 4.78 is 10.6. The molecule has 2 rings (SSSR count). The number of rotatable bonds is 9. The summed E-state index contributed by atoms with van der Waals surface area (Å²) in [5.74, 6) is 1.08. The largest absolute Gasteiger partial charge is 0.493 e. The summed E-state index contributed by atoms with van der Waals surface area (Å²) in [6.45, 7) is 16.6. The smallest absolute Gasteiger partial charge is 0.161 e. The van der Waals surface area contributed by atoms with E-state index >= 15 is 0 Å². The Labute approximate surface area is 218 Å². The van der Waals surface area contributed by atoms with E-state index in [9.17, 15) is 14.4 Å². The molecule has 0 atom stereocenters. The van der Waals surface area contributed by atoms with Crippen LogP contribution < -0.4 is 9.47 Å². The van der Waals surface area contributed by atoms with Crippen molar-refractivity contribution in [1.82, 2.24) is 0 Å². The molecule has 0 fully saturated rings. The van der Waals surface area contributed by atoms with Gasteiger partial charge in [-0.15, -0.1) is 0 Å². The molecule has 5 nitrogen and oxygen atoms in total. The van der Waals surface area contributed by atoms with E-state index in [-0.39, 0.29) is 17.3 Å². The number of hydrogen-bond acceptors (Lipinski definition) is 5. The predicted molar refractivity (Wildman–Crippen MR) is 152 cm³/mol. The predicted octanol–water partition coefficient (Wildman–Crippen LogP) is 8.64. The fourth-order valence-corrected chi connectivity index (χ4v) is 3.28. The average Bonchev–Trinajstić information content (AvgIpc) is 2.90. The van der Waals surface area contributed by atoms with E-state index in [2.05, 4.69) is 32.1 Å². The average molecular weight is 499 g/mol. The molecule has 36 heavy (non-hydrogen) atoms. The minimum atomic E-state index is -0.205. The third-order valence-electron chi connectivity index (χ3n) is 4.91. The highest BCUT2D eigenvalue weighted by Crippen LogP contribution is 2.31.